The molecule has 2 aromatic rings. The monoisotopic (exact) mass is 357 g/mol. The molecule has 1 amide bonds. The van der Waals surface area contributed by atoms with Crippen LogP contribution in [0.5, 0.6) is 0 Å². The highest BCUT2D eigenvalue weighted by Gasteiger charge is 2.22. The fraction of sp³-hybridized carbons (Fsp3) is 0.421. The molecule has 0 aliphatic carbocycles. The second-order valence-corrected chi connectivity index (χ2v) is 7.77. The Kier molecular flexibility index (Phi) is 5.48. The van der Waals surface area contributed by atoms with E-state index in [2.05, 4.69) is 9.88 Å². The number of aryl methyl sites for hydroxylation is 2. The fourth-order valence-corrected chi connectivity index (χ4v) is 4.09. The molecule has 1 aliphatic rings. The first-order valence-electron chi connectivity index (χ1n) is 8.58. The lowest BCUT2D eigenvalue weighted by molar-refractivity contribution is -0.131. The van der Waals surface area contributed by atoms with E-state index in [1.807, 2.05) is 43.0 Å². The van der Waals surface area contributed by atoms with E-state index < -0.39 is 0 Å². The molecule has 3 heterocycles. The number of carbonyl (C=O) groups excluding carboxylic acids is 2. The van der Waals surface area contributed by atoms with Crippen LogP contribution in [-0.2, 0) is 4.79 Å². The number of hydrogen-bond donors (Lipinski definition) is 0. The third kappa shape index (κ3) is 4.25. The molecule has 25 heavy (non-hydrogen) atoms. The Balaban J connectivity index is 1.48. The van der Waals surface area contributed by atoms with Crippen LogP contribution in [0.1, 0.15) is 33.0 Å². The van der Waals surface area contributed by atoms with Gasteiger partial charge in [-0.25, -0.2) is 4.98 Å². The molecule has 0 atom stereocenters. The molecule has 0 unspecified atom stereocenters. The van der Waals surface area contributed by atoms with Gasteiger partial charge < -0.3 is 9.80 Å². The molecule has 3 rings (SSSR count). The molecule has 1 aliphatic heterocycles. The maximum absolute atomic E-state index is 12.4. The number of ketones is 1. The van der Waals surface area contributed by atoms with Gasteiger partial charge in [-0.05, 0) is 32.0 Å². The summed E-state index contributed by atoms with van der Waals surface area (Å²) in [6, 6.07) is 7.79. The summed E-state index contributed by atoms with van der Waals surface area (Å²) in [5, 5.41) is 0. The van der Waals surface area contributed by atoms with E-state index >= 15 is 0 Å². The normalized spacial score (nSPS) is 14.6. The number of amides is 1. The van der Waals surface area contributed by atoms with Gasteiger partial charge in [0.05, 0.1) is 0 Å². The zero-order valence-electron chi connectivity index (χ0n) is 14.7. The van der Waals surface area contributed by atoms with Gasteiger partial charge >= 0.3 is 0 Å². The standard InChI is InChI=1S/C19H23N3O2S/c1-14-13-16(15(2)25-14)17(23)6-7-19(24)22-11-9-21(10-12-22)18-5-3-4-8-20-18/h3-5,8,13H,6-7,9-12H2,1-2H3. The van der Waals surface area contributed by atoms with Crippen molar-refractivity contribution >= 4 is 28.8 Å². The molecule has 0 radical (unpaired) electrons. The molecule has 0 N–H and O–H groups in total. The van der Waals surface area contributed by atoms with Crippen molar-refractivity contribution in [1.82, 2.24) is 9.88 Å². The van der Waals surface area contributed by atoms with Crippen LogP contribution in [0.2, 0.25) is 0 Å². The molecular formula is C19H23N3O2S. The van der Waals surface area contributed by atoms with Crippen LogP contribution in [0.3, 0.4) is 0 Å². The lowest BCUT2D eigenvalue weighted by atomic mass is 10.1. The minimum absolute atomic E-state index is 0.0682. The van der Waals surface area contributed by atoms with Gasteiger partial charge in [0.25, 0.3) is 0 Å². The number of nitrogens with zero attached hydrogens (tertiary/aromatic N) is 3. The first-order chi connectivity index (χ1) is 12.0. The zero-order chi connectivity index (χ0) is 17.8. The Hall–Kier alpha value is -2.21. The number of hydrogen-bond acceptors (Lipinski definition) is 5. The Morgan fingerprint density at radius 3 is 2.48 bits per heavy atom. The summed E-state index contributed by atoms with van der Waals surface area (Å²) in [7, 11) is 0. The molecule has 0 saturated carbocycles. The molecular weight excluding hydrogens is 334 g/mol. The van der Waals surface area contributed by atoms with Crippen LogP contribution in [0, 0.1) is 13.8 Å². The van der Waals surface area contributed by atoms with E-state index in [1.165, 1.54) is 0 Å². The molecule has 132 valence electrons. The average Bonchev–Trinajstić information content (AvgIpc) is 2.98. The van der Waals surface area contributed by atoms with Gasteiger partial charge in [-0.3, -0.25) is 9.59 Å². The molecule has 0 spiro atoms. The predicted octanol–water partition coefficient (Wildman–Crippen LogP) is 3.07. The number of pyridine rings is 1. The second kappa shape index (κ2) is 7.78. The fourth-order valence-electron chi connectivity index (χ4n) is 3.15. The van der Waals surface area contributed by atoms with E-state index in [-0.39, 0.29) is 24.5 Å². The summed E-state index contributed by atoms with van der Waals surface area (Å²) in [6.07, 6.45) is 2.36. The number of thiophene rings is 1. The minimum Gasteiger partial charge on any atom is -0.353 e. The van der Waals surface area contributed by atoms with Gasteiger partial charge in [-0.2, -0.15) is 0 Å². The Morgan fingerprint density at radius 2 is 1.88 bits per heavy atom. The number of carbonyl (C=O) groups is 2. The van der Waals surface area contributed by atoms with Crippen LogP contribution in [0.4, 0.5) is 5.82 Å². The van der Waals surface area contributed by atoms with Gasteiger partial charge in [0, 0.05) is 60.5 Å². The topological polar surface area (TPSA) is 53.5 Å². The number of Topliss-reactive ketones (excluding diaryl/α,β-unsaturated/α-hetero) is 1. The third-order valence-electron chi connectivity index (χ3n) is 4.51. The lowest BCUT2D eigenvalue weighted by Crippen LogP contribution is -2.49. The summed E-state index contributed by atoms with van der Waals surface area (Å²) in [5.74, 6) is 1.09. The van der Waals surface area contributed by atoms with Crippen molar-refractivity contribution in [3.05, 3.63) is 45.8 Å². The first kappa shape index (κ1) is 17.6. The van der Waals surface area contributed by atoms with Crippen molar-refractivity contribution in [3.8, 4) is 0 Å². The van der Waals surface area contributed by atoms with Crippen molar-refractivity contribution in [2.24, 2.45) is 0 Å². The van der Waals surface area contributed by atoms with Crippen molar-refractivity contribution in [1.29, 1.82) is 0 Å². The minimum atomic E-state index is 0.0682. The molecule has 6 heteroatoms. The maximum Gasteiger partial charge on any atom is 0.223 e. The van der Waals surface area contributed by atoms with Crippen molar-refractivity contribution in [2.45, 2.75) is 26.7 Å². The zero-order valence-corrected chi connectivity index (χ0v) is 15.5. The molecule has 2 aromatic heterocycles. The van der Waals surface area contributed by atoms with E-state index in [0.717, 1.165) is 34.2 Å². The highest BCUT2D eigenvalue weighted by molar-refractivity contribution is 7.12. The van der Waals surface area contributed by atoms with Crippen LogP contribution < -0.4 is 4.90 Å². The predicted molar refractivity (Wildman–Crippen MR) is 100 cm³/mol. The largest absolute Gasteiger partial charge is 0.353 e. The average molecular weight is 357 g/mol. The SMILES string of the molecule is Cc1cc(C(=O)CCC(=O)N2CCN(c3ccccn3)CC2)c(C)s1. The summed E-state index contributed by atoms with van der Waals surface area (Å²) >= 11 is 1.63. The number of anilines is 1. The summed E-state index contributed by atoms with van der Waals surface area (Å²) in [4.78, 5) is 35.3. The second-order valence-electron chi connectivity index (χ2n) is 6.31. The number of aromatic nitrogens is 1. The van der Waals surface area contributed by atoms with Crippen LogP contribution in [0.15, 0.2) is 30.5 Å². The van der Waals surface area contributed by atoms with Gasteiger partial charge in [0.15, 0.2) is 5.78 Å². The van der Waals surface area contributed by atoms with Crippen molar-refractivity contribution in [2.75, 3.05) is 31.1 Å². The summed E-state index contributed by atoms with van der Waals surface area (Å²) in [6.45, 7) is 6.88. The van der Waals surface area contributed by atoms with Crippen LogP contribution in [0.25, 0.3) is 0 Å². The molecule has 1 saturated heterocycles. The quantitative estimate of drug-likeness (QED) is 0.772. The van der Waals surface area contributed by atoms with Gasteiger partial charge in [-0.15, -0.1) is 11.3 Å². The number of rotatable bonds is 5. The van der Waals surface area contributed by atoms with Crippen LogP contribution >= 0.6 is 11.3 Å². The van der Waals surface area contributed by atoms with Crippen molar-refractivity contribution in [3.63, 3.8) is 0 Å². The summed E-state index contributed by atoms with van der Waals surface area (Å²) < 4.78 is 0. The van der Waals surface area contributed by atoms with Crippen LogP contribution in [-0.4, -0.2) is 47.8 Å². The molecule has 1 fully saturated rings. The lowest BCUT2D eigenvalue weighted by Gasteiger charge is -2.35. The Labute approximate surface area is 152 Å². The van der Waals surface area contributed by atoms with Gasteiger partial charge in [0.2, 0.25) is 5.91 Å². The third-order valence-corrected chi connectivity index (χ3v) is 5.48. The van der Waals surface area contributed by atoms with E-state index in [0.29, 0.717) is 13.1 Å². The Morgan fingerprint density at radius 1 is 1.12 bits per heavy atom. The smallest absolute Gasteiger partial charge is 0.223 e. The van der Waals surface area contributed by atoms with Crippen molar-refractivity contribution < 1.29 is 9.59 Å². The maximum atomic E-state index is 12.4. The van der Waals surface area contributed by atoms with E-state index in [4.69, 9.17) is 0 Å². The molecule has 0 bridgehead atoms. The van der Waals surface area contributed by atoms with Gasteiger partial charge in [0.1, 0.15) is 5.82 Å². The first-order valence-corrected chi connectivity index (χ1v) is 9.40. The summed E-state index contributed by atoms with van der Waals surface area (Å²) in [5.41, 5.74) is 0.773. The van der Waals surface area contributed by atoms with E-state index in [9.17, 15) is 9.59 Å². The highest BCUT2D eigenvalue weighted by atomic mass is 32.1. The molecule has 0 aromatic carbocycles. The Bertz CT molecular complexity index is 749. The van der Waals surface area contributed by atoms with Gasteiger partial charge in [-0.1, -0.05) is 6.07 Å². The van der Waals surface area contributed by atoms with E-state index in [1.54, 1.807) is 17.5 Å². The highest BCUT2D eigenvalue weighted by Crippen LogP contribution is 2.22. The number of piperazine rings is 1. The molecule has 5 nitrogen and oxygen atoms in total.